The first kappa shape index (κ1) is 22.2. The maximum absolute atomic E-state index is 13.5. The minimum absolute atomic E-state index is 0.124. The van der Waals surface area contributed by atoms with Crippen molar-refractivity contribution in [3.05, 3.63) is 62.5 Å². The fraction of sp³-hybridized carbons (Fsp3) is 0.409. The number of nitro benzene ring substituents is 1. The average Bonchev–Trinajstić information content (AvgIpc) is 2.72. The number of hydrogen-bond acceptors (Lipinski definition) is 8. The predicted molar refractivity (Wildman–Crippen MR) is 110 cm³/mol. The number of hydrogen-bond donors (Lipinski definition) is 1. The summed E-state index contributed by atoms with van der Waals surface area (Å²) < 4.78 is 10.1. The quantitative estimate of drug-likeness (QED) is 0.328. The number of dihydropyridines is 1. The number of ketones is 1. The molecule has 3 rings (SSSR count). The molecule has 1 aromatic carbocycles. The van der Waals surface area contributed by atoms with Crippen molar-refractivity contribution in [2.75, 3.05) is 13.7 Å². The Morgan fingerprint density at radius 2 is 2.03 bits per heavy atom. The number of nitro groups is 1. The van der Waals surface area contributed by atoms with Gasteiger partial charge in [-0.25, -0.2) is 4.79 Å². The van der Waals surface area contributed by atoms with E-state index in [4.69, 9.17) is 9.47 Å². The Labute approximate surface area is 179 Å². The van der Waals surface area contributed by atoms with Gasteiger partial charge in [-0.3, -0.25) is 19.7 Å². The van der Waals surface area contributed by atoms with Crippen molar-refractivity contribution >= 4 is 23.4 Å². The normalized spacial score (nSPS) is 23.1. The average molecular weight is 428 g/mol. The number of carbonyl (C=O) groups excluding carboxylic acids is 3. The third kappa shape index (κ3) is 3.95. The van der Waals surface area contributed by atoms with Crippen LogP contribution in [0, 0.1) is 22.0 Å². The molecule has 31 heavy (non-hydrogen) atoms. The van der Waals surface area contributed by atoms with E-state index in [1.807, 2.05) is 0 Å². The molecule has 0 fully saturated rings. The van der Waals surface area contributed by atoms with Gasteiger partial charge in [-0.2, -0.15) is 0 Å². The largest absolute Gasteiger partial charge is 0.468 e. The molecule has 9 heteroatoms. The molecule has 0 aromatic heterocycles. The highest BCUT2D eigenvalue weighted by Gasteiger charge is 2.47. The smallest absolute Gasteiger partial charge is 0.336 e. The summed E-state index contributed by atoms with van der Waals surface area (Å²) in [6.07, 6.45) is 0.389. The van der Waals surface area contributed by atoms with Crippen molar-refractivity contribution in [3.63, 3.8) is 0 Å². The van der Waals surface area contributed by atoms with E-state index in [-0.39, 0.29) is 29.4 Å². The Morgan fingerprint density at radius 1 is 1.32 bits per heavy atom. The third-order valence-corrected chi connectivity index (χ3v) is 5.65. The summed E-state index contributed by atoms with van der Waals surface area (Å²) >= 11 is 0. The van der Waals surface area contributed by atoms with Gasteiger partial charge in [0, 0.05) is 35.0 Å². The van der Waals surface area contributed by atoms with Gasteiger partial charge >= 0.3 is 11.9 Å². The van der Waals surface area contributed by atoms with E-state index in [2.05, 4.69) is 5.32 Å². The van der Waals surface area contributed by atoms with Crippen molar-refractivity contribution in [2.45, 2.75) is 33.1 Å². The second-order valence-electron chi connectivity index (χ2n) is 7.61. The minimum atomic E-state index is -1.02. The lowest BCUT2D eigenvalue weighted by molar-refractivity contribution is -0.384. The topological polar surface area (TPSA) is 125 Å². The van der Waals surface area contributed by atoms with E-state index >= 15 is 0 Å². The van der Waals surface area contributed by atoms with E-state index in [1.54, 1.807) is 26.8 Å². The van der Waals surface area contributed by atoms with Crippen LogP contribution in [0.2, 0.25) is 0 Å². The number of methoxy groups -OCH3 is 1. The van der Waals surface area contributed by atoms with E-state index in [0.29, 0.717) is 23.4 Å². The second-order valence-corrected chi connectivity index (χ2v) is 7.61. The van der Waals surface area contributed by atoms with Crippen LogP contribution < -0.4 is 5.32 Å². The molecule has 9 nitrogen and oxygen atoms in total. The molecule has 1 aromatic rings. The molecular weight excluding hydrogens is 404 g/mol. The molecule has 1 heterocycles. The summed E-state index contributed by atoms with van der Waals surface area (Å²) in [6, 6.07) is 5.80. The standard InChI is InChI=1S/C22H24N2O7/c1-5-31-22(27)17-12(3)23-15-9-11(2)16(21(26)30-4)20(25)19(15)18(17)13-7-6-8-14(10-13)24(28)29/h6-8,10-11,16,18,23H,5,9H2,1-4H3/t11-,16+,18+/m1/s1. The first-order valence-electron chi connectivity index (χ1n) is 9.95. The van der Waals surface area contributed by atoms with E-state index < -0.39 is 34.5 Å². The van der Waals surface area contributed by atoms with Gasteiger partial charge in [0.15, 0.2) is 5.78 Å². The van der Waals surface area contributed by atoms with Gasteiger partial charge in [0.05, 0.1) is 24.2 Å². The lowest BCUT2D eigenvalue weighted by Crippen LogP contribution is -2.43. The van der Waals surface area contributed by atoms with Crippen molar-refractivity contribution in [1.82, 2.24) is 5.32 Å². The van der Waals surface area contributed by atoms with Crippen LogP contribution in [0.25, 0.3) is 0 Å². The van der Waals surface area contributed by atoms with Gasteiger partial charge < -0.3 is 14.8 Å². The SMILES string of the molecule is CCOC(=O)C1=C(C)NC2=C(C(=O)[C@@H](C(=O)OC)[C@H](C)C2)[C@H]1c1cccc([N+](=O)[O-])c1. The highest BCUT2D eigenvalue weighted by Crippen LogP contribution is 2.45. The lowest BCUT2D eigenvalue weighted by atomic mass is 9.69. The molecule has 0 radical (unpaired) electrons. The van der Waals surface area contributed by atoms with E-state index in [0.717, 1.165) is 0 Å². The fourth-order valence-electron chi connectivity index (χ4n) is 4.31. The van der Waals surface area contributed by atoms with Gasteiger partial charge in [0.2, 0.25) is 0 Å². The summed E-state index contributed by atoms with van der Waals surface area (Å²) in [6.45, 7) is 5.27. The zero-order valence-corrected chi connectivity index (χ0v) is 17.8. The summed E-state index contributed by atoms with van der Waals surface area (Å²) in [5.41, 5.74) is 1.76. The Morgan fingerprint density at radius 3 is 2.65 bits per heavy atom. The van der Waals surface area contributed by atoms with Gasteiger partial charge in [0.25, 0.3) is 5.69 Å². The first-order chi connectivity index (χ1) is 14.7. The highest BCUT2D eigenvalue weighted by molar-refractivity contribution is 6.12. The monoisotopic (exact) mass is 428 g/mol. The molecule has 1 N–H and O–H groups in total. The number of Topliss-reactive ketones (excluding diaryl/α,β-unsaturated/α-hetero) is 1. The number of rotatable bonds is 5. The Balaban J connectivity index is 2.22. The summed E-state index contributed by atoms with van der Waals surface area (Å²) in [5.74, 6) is -3.97. The van der Waals surface area contributed by atoms with Gasteiger partial charge in [-0.15, -0.1) is 0 Å². The number of nitrogens with zero attached hydrogens (tertiary/aromatic N) is 1. The van der Waals surface area contributed by atoms with Crippen LogP contribution in [0.1, 0.15) is 38.7 Å². The number of benzene rings is 1. The van der Waals surface area contributed by atoms with Crippen molar-refractivity contribution in [2.24, 2.45) is 11.8 Å². The zero-order chi connectivity index (χ0) is 22.9. The molecule has 0 unspecified atom stereocenters. The van der Waals surface area contributed by atoms with Crippen molar-refractivity contribution in [3.8, 4) is 0 Å². The number of ether oxygens (including phenoxy) is 2. The van der Waals surface area contributed by atoms with Gasteiger partial charge in [-0.05, 0) is 31.7 Å². The number of nitrogens with one attached hydrogen (secondary N) is 1. The summed E-state index contributed by atoms with van der Waals surface area (Å²) in [4.78, 5) is 49.5. The van der Waals surface area contributed by atoms with Crippen LogP contribution in [0.3, 0.4) is 0 Å². The van der Waals surface area contributed by atoms with E-state index in [1.165, 1.54) is 25.3 Å². The van der Waals surface area contributed by atoms with Crippen LogP contribution in [0.5, 0.6) is 0 Å². The molecule has 3 atom stereocenters. The maximum atomic E-state index is 13.5. The number of allylic oxidation sites excluding steroid dienone is 3. The zero-order valence-electron chi connectivity index (χ0n) is 17.8. The van der Waals surface area contributed by atoms with E-state index in [9.17, 15) is 24.5 Å². The summed E-state index contributed by atoms with van der Waals surface area (Å²) in [5, 5.41) is 14.5. The number of non-ortho nitro benzene ring substituents is 1. The van der Waals surface area contributed by atoms with Crippen LogP contribution in [-0.2, 0) is 23.9 Å². The van der Waals surface area contributed by atoms with Crippen LogP contribution in [0.4, 0.5) is 5.69 Å². The number of esters is 2. The Bertz CT molecular complexity index is 1020. The molecular formula is C22H24N2O7. The fourth-order valence-corrected chi connectivity index (χ4v) is 4.31. The highest BCUT2D eigenvalue weighted by atomic mass is 16.6. The molecule has 0 spiro atoms. The molecule has 0 amide bonds. The maximum Gasteiger partial charge on any atom is 0.336 e. The number of carbonyl (C=O) groups is 3. The van der Waals surface area contributed by atoms with Crippen LogP contribution >= 0.6 is 0 Å². The second kappa shape index (κ2) is 8.71. The summed E-state index contributed by atoms with van der Waals surface area (Å²) in [7, 11) is 1.22. The molecule has 0 saturated carbocycles. The Kier molecular flexibility index (Phi) is 6.24. The molecule has 164 valence electrons. The molecule has 2 aliphatic rings. The molecule has 0 saturated heterocycles. The minimum Gasteiger partial charge on any atom is -0.468 e. The third-order valence-electron chi connectivity index (χ3n) is 5.65. The van der Waals surface area contributed by atoms with Gasteiger partial charge in [-0.1, -0.05) is 19.1 Å². The lowest BCUT2D eigenvalue weighted by Gasteiger charge is -2.38. The molecule has 0 bridgehead atoms. The van der Waals surface area contributed by atoms with Crippen LogP contribution in [0.15, 0.2) is 46.8 Å². The van der Waals surface area contributed by atoms with Crippen molar-refractivity contribution < 1.29 is 28.8 Å². The molecule has 1 aliphatic carbocycles. The Hall–Kier alpha value is -3.49. The van der Waals surface area contributed by atoms with Crippen LogP contribution in [-0.4, -0.2) is 36.4 Å². The first-order valence-corrected chi connectivity index (χ1v) is 9.95. The predicted octanol–water partition coefficient (Wildman–Crippen LogP) is 2.77. The molecule has 1 aliphatic heterocycles. The van der Waals surface area contributed by atoms with Gasteiger partial charge in [0.1, 0.15) is 5.92 Å². The van der Waals surface area contributed by atoms with Crippen molar-refractivity contribution in [1.29, 1.82) is 0 Å².